The highest BCUT2D eigenvalue weighted by Crippen LogP contribution is 2.23. The lowest BCUT2D eigenvalue weighted by Gasteiger charge is -2.32. The molecule has 7 nitrogen and oxygen atoms in total. The molecule has 27 heavy (non-hydrogen) atoms. The molecule has 1 amide bonds. The van der Waals surface area contributed by atoms with Crippen LogP contribution in [0, 0.1) is 0 Å². The van der Waals surface area contributed by atoms with Gasteiger partial charge in [-0.25, -0.2) is 8.42 Å². The van der Waals surface area contributed by atoms with Crippen LogP contribution in [0.4, 0.5) is 0 Å². The van der Waals surface area contributed by atoms with Crippen LogP contribution >= 0.6 is 11.6 Å². The predicted octanol–water partition coefficient (Wildman–Crippen LogP) is 1.35. The average molecular weight is 417 g/mol. The van der Waals surface area contributed by atoms with E-state index in [0.717, 1.165) is 32.7 Å². The van der Waals surface area contributed by atoms with E-state index < -0.39 is 10.0 Å². The van der Waals surface area contributed by atoms with E-state index in [2.05, 4.69) is 22.2 Å². The van der Waals surface area contributed by atoms with Crippen LogP contribution in [0.3, 0.4) is 0 Å². The normalized spacial score (nSPS) is 16.6. The van der Waals surface area contributed by atoms with Crippen LogP contribution in [0.25, 0.3) is 0 Å². The molecule has 1 saturated heterocycles. The first-order valence-corrected chi connectivity index (χ1v) is 11.1. The summed E-state index contributed by atoms with van der Waals surface area (Å²) in [5.41, 5.74) is 0.184. The fraction of sp³-hybridized carbons (Fsp3) is 0.611. The van der Waals surface area contributed by atoms with Crippen molar-refractivity contribution in [3.05, 3.63) is 28.8 Å². The first-order chi connectivity index (χ1) is 12.8. The number of nitrogens with zero attached hydrogens (tertiary/aromatic N) is 3. The predicted molar refractivity (Wildman–Crippen MR) is 108 cm³/mol. The standard InChI is InChI=1S/C18H29ClN4O3S/c1-4-23(5-2)27(25,26)15-6-7-17(19)16(14-15)18(24)20-8-9-22-12-10-21(3)11-13-22/h6-7,14H,4-5,8-13H2,1-3H3,(H,20,24). The molecule has 0 aliphatic carbocycles. The van der Waals surface area contributed by atoms with Gasteiger partial charge in [0.15, 0.2) is 0 Å². The number of nitrogens with one attached hydrogen (secondary N) is 1. The summed E-state index contributed by atoms with van der Waals surface area (Å²) < 4.78 is 26.7. The fourth-order valence-corrected chi connectivity index (χ4v) is 4.73. The third kappa shape index (κ3) is 5.65. The Kier molecular flexibility index (Phi) is 8.05. The first kappa shape index (κ1) is 22.1. The van der Waals surface area contributed by atoms with E-state index in [4.69, 9.17) is 11.6 Å². The van der Waals surface area contributed by atoms with Crippen molar-refractivity contribution in [1.82, 2.24) is 19.4 Å². The SMILES string of the molecule is CCN(CC)S(=O)(=O)c1ccc(Cl)c(C(=O)NCCN2CCN(C)CC2)c1. The van der Waals surface area contributed by atoms with Crippen molar-refractivity contribution >= 4 is 27.5 Å². The highest BCUT2D eigenvalue weighted by molar-refractivity contribution is 7.89. The van der Waals surface area contributed by atoms with E-state index >= 15 is 0 Å². The topological polar surface area (TPSA) is 73.0 Å². The Bertz CT molecular complexity index is 745. The van der Waals surface area contributed by atoms with Gasteiger partial charge in [0.1, 0.15) is 0 Å². The first-order valence-electron chi connectivity index (χ1n) is 9.28. The number of halogens is 1. The molecule has 152 valence electrons. The van der Waals surface area contributed by atoms with Crippen LogP contribution in [0.15, 0.2) is 23.1 Å². The molecule has 0 radical (unpaired) electrons. The number of rotatable bonds is 8. The molecule has 0 saturated carbocycles. The summed E-state index contributed by atoms with van der Waals surface area (Å²) in [6.07, 6.45) is 0. The van der Waals surface area contributed by atoms with Gasteiger partial charge in [-0.1, -0.05) is 25.4 Å². The number of hydrogen-bond donors (Lipinski definition) is 1. The van der Waals surface area contributed by atoms with Gasteiger partial charge >= 0.3 is 0 Å². The van der Waals surface area contributed by atoms with Crippen LogP contribution in [-0.2, 0) is 10.0 Å². The molecular formula is C18H29ClN4O3S. The summed E-state index contributed by atoms with van der Waals surface area (Å²) >= 11 is 6.15. The minimum absolute atomic E-state index is 0.0832. The molecule has 1 fully saturated rings. The lowest BCUT2D eigenvalue weighted by molar-refractivity contribution is 0.0941. The number of benzene rings is 1. The highest BCUT2D eigenvalue weighted by Gasteiger charge is 2.24. The summed E-state index contributed by atoms with van der Waals surface area (Å²) in [5.74, 6) is -0.356. The van der Waals surface area contributed by atoms with Gasteiger partial charge in [0, 0.05) is 52.4 Å². The maximum absolute atomic E-state index is 12.7. The van der Waals surface area contributed by atoms with Gasteiger partial charge in [-0.3, -0.25) is 9.69 Å². The zero-order chi connectivity index (χ0) is 20.0. The summed E-state index contributed by atoms with van der Waals surface area (Å²) in [4.78, 5) is 17.2. The van der Waals surface area contributed by atoms with Crippen LogP contribution < -0.4 is 5.32 Å². The van der Waals surface area contributed by atoms with E-state index in [1.165, 1.54) is 22.5 Å². The summed E-state index contributed by atoms with van der Waals surface area (Å²) in [6.45, 7) is 9.54. The molecule has 0 aromatic heterocycles. The zero-order valence-corrected chi connectivity index (χ0v) is 17.8. The monoisotopic (exact) mass is 416 g/mol. The number of carbonyl (C=O) groups is 1. The third-order valence-corrected chi connectivity index (χ3v) is 7.21. The Hall–Kier alpha value is -1.19. The number of likely N-dealkylation sites (N-methyl/N-ethyl adjacent to an activating group) is 1. The molecule has 1 aliphatic heterocycles. The van der Waals surface area contributed by atoms with Crippen molar-refractivity contribution < 1.29 is 13.2 Å². The summed E-state index contributed by atoms with van der Waals surface area (Å²) in [5, 5.41) is 3.09. The number of sulfonamides is 1. The fourth-order valence-electron chi connectivity index (χ4n) is 3.05. The lowest BCUT2D eigenvalue weighted by Crippen LogP contribution is -2.46. The molecule has 2 rings (SSSR count). The lowest BCUT2D eigenvalue weighted by atomic mass is 10.2. The molecular weight excluding hydrogens is 388 g/mol. The molecule has 0 atom stereocenters. The van der Waals surface area contributed by atoms with E-state index in [9.17, 15) is 13.2 Å². The van der Waals surface area contributed by atoms with Crippen molar-refractivity contribution in [2.45, 2.75) is 18.7 Å². The smallest absolute Gasteiger partial charge is 0.252 e. The van der Waals surface area contributed by atoms with Crippen LogP contribution in [0.5, 0.6) is 0 Å². The largest absolute Gasteiger partial charge is 0.351 e. The van der Waals surface area contributed by atoms with Crippen LogP contribution in [-0.4, -0.2) is 87.8 Å². The second-order valence-corrected chi connectivity index (χ2v) is 8.98. The minimum Gasteiger partial charge on any atom is -0.351 e. The molecule has 1 aromatic carbocycles. The molecule has 1 N–H and O–H groups in total. The highest BCUT2D eigenvalue weighted by atomic mass is 35.5. The summed E-state index contributed by atoms with van der Waals surface area (Å²) in [6, 6.07) is 4.27. The molecule has 9 heteroatoms. The maximum atomic E-state index is 12.7. The van der Waals surface area contributed by atoms with Gasteiger partial charge in [0.25, 0.3) is 5.91 Å². The molecule has 0 spiro atoms. The Labute approximate surface area is 167 Å². The van der Waals surface area contributed by atoms with E-state index in [1.54, 1.807) is 13.8 Å². The van der Waals surface area contributed by atoms with Crippen molar-refractivity contribution in [1.29, 1.82) is 0 Å². The maximum Gasteiger partial charge on any atom is 0.252 e. The van der Waals surface area contributed by atoms with Crippen LogP contribution in [0.2, 0.25) is 5.02 Å². The molecule has 0 unspecified atom stereocenters. The van der Waals surface area contributed by atoms with E-state index in [-0.39, 0.29) is 21.4 Å². The molecule has 1 aromatic rings. The van der Waals surface area contributed by atoms with Crippen molar-refractivity contribution in [3.63, 3.8) is 0 Å². The number of hydrogen-bond acceptors (Lipinski definition) is 5. The second kappa shape index (κ2) is 9.84. The molecule has 1 aliphatic rings. The molecule has 1 heterocycles. The second-order valence-electron chi connectivity index (χ2n) is 6.63. The number of piperazine rings is 1. The van der Waals surface area contributed by atoms with Crippen LogP contribution in [0.1, 0.15) is 24.2 Å². The van der Waals surface area contributed by atoms with Gasteiger partial charge < -0.3 is 10.2 Å². The van der Waals surface area contributed by atoms with Gasteiger partial charge in [-0.15, -0.1) is 0 Å². The zero-order valence-electron chi connectivity index (χ0n) is 16.2. The van der Waals surface area contributed by atoms with Gasteiger partial charge in [0.2, 0.25) is 10.0 Å². The van der Waals surface area contributed by atoms with Gasteiger partial charge in [-0.2, -0.15) is 4.31 Å². The van der Waals surface area contributed by atoms with Crippen molar-refractivity contribution in [2.24, 2.45) is 0 Å². The Morgan fingerprint density at radius 2 is 1.81 bits per heavy atom. The Morgan fingerprint density at radius 3 is 2.41 bits per heavy atom. The van der Waals surface area contributed by atoms with Crippen molar-refractivity contribution in [3.8, 4) is 0 Å². The Morgan fingerprint density at radius 1 is 1.19 bits per heavy atom. The van der Waals surface area contributed by atoms with E-state index in [1.807, 2.05) is 0 Å². The Balaban J connectivity index is 2.03. The minimum atomic E-state index is -3.64. The number of carbonyl (C=O) groups excluding carboxylic acids is 1. The van der Waals surface area contributed by atoms with Gasteiger partial charge in [-0.05, 0) is 25.2 Å². The average Bonchev–Trinajstić information content (AvgIpc) is 2.64. The van der Waals surface area contributed by atoms with E-state index in [0.29, 0.717) is 19.6 Å². The summed E-state index contributed by atoms with van der Waals surface area (Å²) in [7, 11) is -1.54. The quantitative estimate of drug-likeness (QED) is 0.692. The van der Waals surface area contributed by atoms with Crippen molar-refractivity contribution in [2.75, 3.05) is 59.4 Å². The molecule has 0 bridgehead atoms. The van der Waals surface area contributed by atoms with Gasteiger partial charge in [0.05, 0.1) is 15.5 Å². The third-order valence-electron chi connectivity index (χ3n) is 4.84. The number of amides is 1.